The van der Waals surface area contributed by atoms with E-state index in [-0.39, 0.29) is 41.9 Å². The fourth-order valence-corrected chi connectivity index (χ4v) is 1.98. The average Bonchev–Trinajstić information content (AvgIpc) is 2.19. The Balaban J connectivity index is 0.00000289. The summed E-state index contributed by atoms with van der Waals surface area (Å²) >= 11 is 4.88. The summed E-state index contributed by atoms with van der Waals surface area (Å²) in [6.45, 7) is 3.37. The summed E-state index contributed by atoms with van der Waals surface area (Å²) in [5.41, 5.74) is 0.766. The molecule has 0 amide bonds. The minimum Gasteiger partial charge on any atom is -0.746 e. The van der Waals surface area contributed by atoms with Gasteiger partial charge in [-0.3, -0.25) is 4.57 Å². The molecular weight excluding hydrogens is 284 g/mol. The normalized spacial score (nSPS) is 13.1. The van der Waals surface area contributed by atoms with Crippen LogP contribution in [0.1, 0.15) is 13.8 Å². The number of phosphoric acid groups is 1. The van der Waals surface area contributed by atoms with Crippen molar-refractivity contribution in [2.24, 2.45) is 0 Å². The predicted octanol–water partition coefficient (Wildman–Crippen LogP) is -0.666. The van der Waals surface area contributed by atoms with Crippen LogP contribution in [-0.2, 0) is 9.09 Å². The van der Waals surface area contributed by atoms with E-state index < -0.39 is 7.82 Å². The zero-order valence-corrected chi connectivity index (χ0v) is 14.2. The van der Waals surface area contributed by atoms with Gasteiger partial charge in [0.1, 0.15) is 5.75 Å². The molecule has 0 aliphatic carbocycles. The summed E-state index contributed by atoms with van der Waals surface area (Å²) in [7, 11) is -4.25. The van der Waals surface area contributed by atoms with Crippen molar-refractivity contribution in [1.29, 1.82) is 0 Å². The Morgan fingerprint density at radius 2 is 2.00 bits per heavy atom. The maximum atomic E-state index is 11.2. The van der Waals surface area contributed by atoms with Gasteiger partial charge in [0.15, 0.2) is 0 Å². The topological polar surface area (TPSA) is 70.6 Å². The molecule has 0 bridgehead atoms. The number of thiocarbonyl (C=S) groups is 1. The van der Waals surface area contributed by atoms with E-state index in [1.54, 1.807) is 26.0 Å². The van der Waals surface area contributed by atoms with E-state index in [2.05, 4.69) is 9.84 Å². The molecule has 0 radical (unpaired) electrons. The van der Waals surface area contributed by atoms with Gasteiger partial charge in [0, 0.05) is 5.69 Å². The van der Waals surface area contributed by atoms with Crippen LogP contribution in [-0.4, -0.2) is 11.6 Å². The number of anilines is 1. The summed E-state index contributed by atoms with van der Waals surface area (Å²) < 4.78 is 20.4. The van der Waals surface area contributed by atoms with Crippen LogP contribution in [0.4, 0.5) is 5.69 Å². The summed E-state index contributed by atoms with van der Waals surface area (Å²) in [6.07, 6.45) is 0. The minimum atomic E-state index is -4.25. The summed E-state index contributed by atoms with van der Waals surface area (Å²) in [5.74, 6) is 0.198. The molecule has 0 fully saturated rings. The first-order valence-electron chi connectivity index (χ1n) is 4.96. The first kappa shape index (κ1) is 18.1. The standard InChI is InChI=1S/C10H14NO4PS.Na/c1-3-14-16(12,13)15-10-6-4-9(5-7-10)11-8(2)17;/h4-7H,3H2,1-2H3,(H,11,17)(H,12,13);/q;+1/p-1. The molecule has 8 heteroatoms. The van der Waals surface area contributed by atoms with Crippen LogP contribution in [0.25, 0.3) is 0 Å². The molecule has 1 unspecified atom stereocenters. The van der Waals surface area contributed by atoms with Gasteiger partial charge in [-0.05, 0) is 38.1 Å². The molecule has 0 saturated heterocycles. The Morgan fingerprint density at radius 3 is 2.44 bits per heavy atom. The third kappa shape index (κ3) is 6.85. The van der Waals surface area contributed by atoms with Crippen molar-refractivity contribution in [3.8, 4) is 5.75 Å². The molecule has 0 spiro atoms. The number of hydrogen-bond acceptors (Lipinski definition) is 5. The van der Waals surface area contributed by atoms with Crippen LogP contribution in [0.15, 0.2) is 24.3 Å². The molecule has 0 saturated carbocycles. The van der Waals surface area contributed by atoms with Gasteiger partial charge in [-0.25, -0.2) is 0 Å². The quantitative estimate of drug-likeness (QED) is 0.442. The maximum absolute atomic E-state index is 11.2. The van der Waals surface area contributed by atoms with Crippen molar-refractivity contribution in [1.82, 2.24) is 0 Å². The van der Waals surface area contributed by atoms with Gasteiger partial charge in [-0.15, -0.1) is 0 Å². The van der Waals surface area contributed by atoms with E-state index in [0.717, 1.165) is 5.69 Å². The molecule has 1 rings (SSSR count). The third-order valence-corrected chi connectivity index (χ3v) is 2.79. The van der Waals surface area contributed by atoms with E-state index in [9.17, 15) is 9.46 Å². The van der Waals surface area contributed by atoms with Crippen LogP contribution >= 0.6 is 20.0 Å². The number of phosphoric ester groups is 1. The molecule has 1 aromatic carbocycles. The Bertz CT molecular complexity index is 440. The molecule has 1 N–H and O–H groups in total. The fraction of sp³-hybridized carbons (Fsp3) is 0.300. The smallest absolute Gasteiger partial charge is 0.746 e. The SMILES string of the molecule is CCOP(=O)([O-])Oc1ccc(NC(C)=S)cc1.[Na+]. The van der Waals surface area contributed by atoms with Crippen LogP contribution in [0.5, 0.6) is 5.75 Å². The van der Waals surface area contributed by atoms with Crippen LogP contribution < -0.4 is 44.3 Å². The summed E-state index contributed by atoms with van der Waals surface area (Å²) in [5, 5.41) is 2.92. The van der Waals surface area contributed by atoms with Crippen molar-refractivity contribution in [3.63, 3.8) is 0 Å². The van der Waals surface area contributed by atoms with Crippen LogP contribution in [0.3, 0.4) is 0 Å². The molecule has 0 heterocycles. The Kier molecular flexibility index (Phi) is 8.30. The predicted molar refractivity (Wildman–Crippen MR) is 68.2 cm³/mol. The van der Waals surface area contributed by atoms with Gasteiger partial charge in [0.05, 0.1) is 11.6 Å². The average molecular weight is 297 g/mol. The van der Waals surface area contributed by atoms with Gasteiger partial charge in [0.25, 0.3) is 0 Å². The maximum Gasteiger partial charge on any atom is 1.00 e. The Labute approximate surface area is 134 Å². The fourth-order valence-electron chi connectivity index (χ4n) is 1.12. The number of nitrogens with one attached hydrogen (secondary N) is 1. The molecule has 18 heavy (non-hydrogen) atoms. The Hall–Kier alpha value is 0.0600. The molecule has 1 atom stereocenters. The van der Waals surface area contributed by atoms with Crippen LogP contribution in [0.2, 0.25) is 0 Å². The Morgan fingerprint density at radius 1 is 1.44 bits per heavy atom. The third-order valence-electron chi connectivity index (χ3n) is 1.68. The van der Waals surface area contributed by atoms with Gasteiger partial charge >= 0.3 is 37.4 Å². The van der Waals surface area contributed by atoms with Crippen molar-refractivity contribution < 1.29 is 48.1 Å². The van der Waals surface area contributed by atoms with E-state index in [0.29, 0.717) is 4.99 Å². The number of hydrogen-bond donors (Lipinski definition) is 1. The van der Waals surface area contributed by atoms with Crippen molar-refractivity contribution in [3.05, 3.63) is 24.3 Å². The van der Waals surface area contributed by atoms with E-state index in [1.807, 2.05) is 0 Å². The zero-order chi connectivity index (χ0) is 12.9. The zero-order valence-electron chi connectivity index (χ0n) is 10.5. The summed E-state index contributed by atoms with van der Waals surface area (Å²) in [4.78, 5) is 11.8. The van der Waals surface area contributed by atoms with Gasteiger partial charge in [0.2, 0.25) is 0 Å². The molecule has 0 aliphatic rings. The first-order valence-corrected chi connectivity index (χ1v) is 6.82. The molecule has 0 aliphatic heterocycles. The van der Waals surface area contributed by atoms with Gasteiger partial charge < -0.3 is 19.3 Å². The second-order valence-electron chi connectivity index (χ2n) is 3.16. The second kappa shape index (κ2) is 8.27. The van der Waals surface area contributed by atoms with E-state index in [4.69, 9.17) is 16.7 Å². The minimum absolute atomic E-state index is 0. The molecular formula is C10H13NNaO4PS. The van der Waals surface area contributed by atoms with E-state index in [1.165, 1.54) is 12.1 Å². The summed E-state index contributed by atoms with van der Waals surface area (Å²) in [6, 6.07) is 6.36. The molecule has 0 aromatic heterocycles. The number of rotatable bonds is 5. The number of benzene rings is 1. The second-order valence-corrected chi connectivity index (χ2v) is 5.11. The van der Waals surface area contributed by atoms with E-state index >= 15 is 0 Å². The largest absolute Gasteiger partial charge is 1.00 e. The van der Waals surface area contributed by atoms with Crippen LogP contribution in [0, 0.1) is 0 Å². The molecule has 1 aromatic rings. The van der Waals surface area contributed by atoms with Crippen molar-refractivity contribution in [2.45, 2.75) is 13.8 Å². The van der Waals surface area contributed by atoms with Crippen molar-refractivity contribution in [2.75, 3.05) is 11.9 Å². The van der Waals surface area contributed by atoms with Crippen molar-refractivity contribution >= 4 is 30.7 Å². The molecule has 94 valence electrons. The monoisotopic (exact) mass is 297 g/mol. The van der Waals surface area contributed by atoms with Gasteiger partial charge in [-0.1, -0.05) is 12.2 Å². The first-order chi connectivity index (χ1) is 7.93. The molecule has 5 nitrogen and oxygen atoms in total. The van der Waals surface area contributed by atoms with Gasteiger partial charge in [-0.2, -0.15) is 0 Å².